The van der Waals surface area contributed by atoms with Gasteiger partial charge in [-0.05, 0) is 24.3 Å². The summed E-state index contributed by atoms with van der Waals surface area (Å²) in [5.41, 5.74) is 0.513. The highest BCUT2D eigenvalue weighted by atomic mass is 16.3. The molecule has 1 amide bonds. The lowest BCUT2D eigenvalue weighted by molar-refractivity contribution is 0.0714. The molecule has 4 heterocycles. The normalized spacial score (nSPS) is 15.0. The minimum absolute atomic E-state index is 0.105. The van der Waals surface area contributed by atoms with E-state index in [9.17, 15) is 9.59 Å². The van der Waals surface area contributed by atoms with Crippen molar-refractivity contribution in [3.63, 3.8) is 0 Å². The molecule has 0 aromatic carbocycles. The summed E-state index contributed by atoms with van der Waals surface area (Å²) in [5.74, 6) is 0.896. The molecule has 0 bridgehead atoms. The van der Waals surface area contributed by atoms with Gasteiger partial charge in [0.15, 0.2) is 5.76 Å². The molecule has 1 aliphatic rings. The van der Waals surface area contributed by atoms with Crippen molar-refractivity contribution in [1.29, 1.82) is 0 Å². The molecule has 1 aliphatic heterocycles. The number of hydrogen-bond acceptors (Lipinski definition) is 5. The molecule has 0 spiro atoms. The van der Waals surface area contributed by atoms with E-state index >= 15 is 0 Å². The Bertz CT molecular complexity index is 924. The number of amides is 1. The summed E-state index contributed by atoms with van der Waals surface area (Å²) < 4.78 is 6.68. The zero-order valence-electron chi connectivity index (χ0n) is 13.0. The van der Waals surface area contributed by atoms with Crippen molar-refractivity contribution in [2.45, 2.75) is 0 Å². The summed E-state index contributed by atoms with van der Waals surface area (Å²) in [5, 5.41) is 0. The van der Waals surface area contributed by atoms with Crippen LogP contribution in [0.25, 0.3) is 5.65 Å². The van der Waals surface area contributed by atoms with E-state index in [1.54, 1.807) is 29.3 Å². The summed E-state index contributed by atoms with van der Waals surface area (Å²) >= 11 is 0. The second-order valence-electron chi connectivity index (χ2n) is 5.64. The number of hydrogen-bond donors (Lipinski definition) is 0. The fraction of sp³-hybridized carbons (Fsp3) is 0.235. The van der Waals surface area contributed by atoms with Crippen LogP contribution in [0.15, 0.2) is 58.1 Å². The third-order valence-electron chi connectivity index (χ3n) is 4.18. The van der Waals surface area contributed by atoms with Crippen molar-refractivity contribution in [1.82, 2.24) is 14.3 Å². The van der Waals surface area contributed by atoms with Crippen molar-refractivity contribution in [3.8, 4) is 0 Å². The number of anilines is 1. The van der Waals surface area contributed by atoms with Crippen molar-refractivity contribution < 1.29 is 9.21 Å². The Morgan fingerprint density at radius 2 is 1.92 bits per heavy atom. The van der Waals surface area contributed by atoms with Crippen LogP contribution in [-0.2, 0) is 0 Å². The van der Waals surface area contributed by atoms with Crippen LogP contribution in [0.2, 0.25) is 0 Å². The molecule has 0 saturated carbocycles. The minimum atomic E-state index is -0.107. The zero-order valence-corrected chi connectivity index (χ0v) is 13.0. The largest absolute Gasteiger partial charge is 0.459 e. The van der Waals surface area contributed by atoms with Gasteiger partial charge >= 0.3 is 0 Å². The maximum absolute atomic E-state index is 12.3. The van der Waals surface area contributed by atoms with E-state index in [4.69, 9.17) is 4.42 Å². The molecule has 0 N–H and O–H groups in total. The Hall–Kier alpha value is -3.09. The first kappa shape index (κ1) is 14.5. The SMILES string of the molecule is O=C(c1ccco1)N1CCN(c2cc(=O)n3ccccc3n2)CC1. The number of carbonyl (C=O) groups is 1. The highest BCUT2D eigenvalue weighted by Crippen LogP contribution is 2.15. The van der Waals surface area contributed by atoms with Crippen LogP contribution in [-0.4, -0.2) is 46.4 Å². The number of carbonyl (C=O) groups excluding carboxylic acids is 1. The van der Waals surface area contributed by atoms with Gasteiger partial charge in [0.25, 0.3) is 11.5 Å². The minimum Gasteiger partial charge on any atom is -0.459 e. The first-order chi connectivity index (χ1) is 11.7. The molecule has 1 saturated heterocycles. The van der Waals surface area contributed by atoms with Gasteiger partial charge in [0.1, 0.15) is 11.5 Å². The number of nitrogens with zero attached hydrogens (tertiary/aromatic N) is 4. The van der Waals surface area contributed by atoms with Gasteiger partial charge in [-0.1, -0.05) is 6.07 Å². The van der Waals surface area contributed by atoms with E-state index in [-0.39, 0.29) is 11.5 Å². The molecule has 7 heteroatoms. The standard InChI is InChI=1S/C17H16N4O3/c22-16-12-15(18-14-5-1-2-6-21(14)16)19-7-9-20(10-8-19)17(23)13-4-3-11-24-13/h1-6,11-12H,7-10H2. The van der Waals surface area contributed by atoms with E-state index in [0.717, 1.165) is 0 Å². The van der Waals surface area contributed by atoms with E-state index in [1.807, 2.05) is 17.0 Å². The van der Waals surface area contributed by atoms with Crippen LogP contribution in [0, 0.1) is 0 Å². The van der Waals surface area contributed by atoms with Crippen molar-refractivity contribution in [3.05, 3.63) is 65.0 Å². The second-order valence-corrected chi connectivity index (χ2v) is 5.64. The lowest BCUT2D eigenvalue weighted by Crippen LogP contribution is -2.49. The Kier molecular flexibility index (Phi) is 3.53. The molecule has 0 radical (unpaired) electrons. The third-order valence-corrected chi connectivity index (χ3v) is 4.18. The number of piperazine rings is 1. The fourth-order valence-electron chi connectivity index (χ4n) is 2.90. The molecule has 0 atom stereocenters. The summed E-state index contributed by atoms with van der Waals surface area (Å²) in [7, 11) is 0. The van der Waals surface area contributed by atoms with Crippen LogP contribution < -0.4 is 10.5 Å². The first-order valence-electron chi connectivity index (χ1n) is 7.78. The Morgan fingerprint density at radius 3 is 2.67 bits per heavy atom. The van der Waals surface area contributed by atoms with Gasteiger partial charge in [-0.3, -0.25) is 14.0 Å². The van der Waals surface area contributed by atoms with E-state index < -0.39 is 0 Å². The molecule has 1 fully saturated rings. The molecule has 4 rings (SSSR count). The lowest BCUT2D eigenvalue weighted by atomic mass is 10.3. The van der Waals surface area contributed by atoms with Gasteiger partial charge in [-0.15, -0.1) is 0 Å². The average Bonchev–Trinajstić information content (AvgIpc) is 3.16. The molecule has 122 valence electrons. The molecule has 3 aromatic rings. The van der Waals surface area contributed by atoms with Crippen molar-refractivity contribution >= 4 is 17.4 Å². The smallest absolute Gasteiger partial charge is 0.289 e. The predicted octanol–water partition coefficient (Wildman–Crippen LogP) is 1.25. The lowest BCUT2D eigenvalue weighted by Gasteiger charge is -2.34. The predicted molar refractivity (Wildman–Crippen MR) is 88.3 cm³/mol. The first-order valence-corrected chi connectivity index (χ1v) is 7.78. The van der Waals surface area contributed by atoms with E-state index in [2.05, 4.69) is 4.98 Å². The van der Waals surface area contributed by atoms with Crippen molar-refractivity contribution in [2.24, 2.45) is 0 Å². The molecule has 3 aromatic heterocycles. The average molecular weight is 324 g/mol. The van der Waals surface area contributed by atoms with Gasteiger partial charge in [-0.2, -0.15) is 0 Å². The summed E-state index contributed by atoms with van der Waals surface area (Å²) in [6, 6.07) is 10.4. The van der Waals surface area contributed by atoms with Gasteiger partial charge in [-0.25, -0.2) is 4.98 Å². The Labute approximate surface area is 137 Å². The van der Waals surface area contributed by atoms with Crippen LogP contribution in [0.4, 0.5) is 5.82 Å². The number of pyridine rings is 1. The highest BCUT2D eigenvalue weighted by Gasteiger charge is 2.24. The molecule has 0 aliphatic carbocycles. The topological polar surface area (TPSA) is 71.1 Å². The van der Waals surface area contributed by atoms with Crippen LogP contribution in [0.5, 0.6) is 0 Å². The quantitative estimate of drug-likeness (QED) is 0.709. The summed E-state index contributed by atoms with van der Waals surface area (Å²) in [4.78, 5) is 32.8. The molecular formula is C17H16N4O3. The maximum atomic E-state index is 12.3. The molecule has 0 unspecified atom stereocenters. The molecule has 24 heavy (non-hydrogen) atoms. The molecule has 7 nitrogen and oxygen atoms in total. The van der Waals surface area contributed by atoms with Gasteiger partial charge in [0, 0.05) is 38.4 Å². The Balaban J connectivity index is 1.52. The van der Waals surface area contributed by atoms with Gasteiger partial charge in [0.2, 0.25) is 0 Å². The fourth-order valence-corrected chi connectivity index (χ4v) is 2.90. The van der Waals surface area contributed by atoms with Gasteiger partial charge < -0.3 is 14.2 Å². The number of aromatic nitrogens is 2. The zero-order chi connectivity index (χ0) is 16.5. The summed E-state index contributed by atoms with van der Waals surface area (Å²) in [6.07, 6.45) is 3.20. The molecular weight excluding hydrogens is 308 g/mol. The number of fused-ring (bicyclic) bond motifs is 1. The summed E-state index contributed by atoms with van der Waals surface area (Å²) in [6.45, 7) is 2.38. The van der Waals surface area contributed by atoms with Gasteiger partial charge in [0.05, 0.1) is 6.26 Å². The van der Waals surface area contributed by atoms with Crippen LogP contribution in [0.3, 0.4) is 0 Å². The number of furan rings is 1. The number of rotatable bonds is 2. The highest BCUT2D eigenvalue weighted by molar-refractivity contribution is 5.91. The monoisotopic (exact) mass is 324 g/mol. The van der Waals surface area contributed by atoms with Crippen molar-refractivity contribution in [2.75, 3.05) is 31.1 Å². The van der Waals surface area contributed by atoms with E-state index in [0.29, 0.717) is 43.4 Å². The third kappa shape index (κ3) is 2.54. The van der Waals surface area contributed by atoms with E-state index in [1.165, 1.54) is 16.7 Å². The Morgan fingerprint density at radius 1 is 1.08 bits per heavy atom. The maximum Gasteiger partial charge on any atom is 0.289 e. The van der Waals surface area contributed by atoms with Crippen LogP contribution >= 0.6 is 0 Å². The second kappa shape index (κ2) is 5.84. The van der Waals surface area contributed by atoms with Crippen LogP contribution in [0.1, 0.15) is 10.6 Å².